The van der Waals surface area contributed by atoms with Gasteiger partial charge in [-0.05, 0) is 58.4 Å². The second-order valence-electron chi connectivity index (χ2n) is 7.53. The molecule has 3 rings (SSSR count). The van der Waals surface area contributed by atoms with Crippen LogP contribution in [0.25, 0.3) is 0 Å². The SMILES string of the molecule is CCN(CC)c1ccc(C(=O)N2CCCN(S(=O)(=O)c3c(C)n[nH]c3C)CC2)cc1. The van der Waals surface area contributed by atoms with E-state index in [1.165, 1.54) is 4.31 Å². The molecule has 164 valence electrons. The first-order valence-corrected chi connectivity index (χ1v) is 11.9. The molecular weight excluding hydrogens is 402 g/mol. The van der Waals surface area contributed by atoms with Gasteiger partial charge < -0.3 is 9.80 Å². The lowest BCUT2D eigenvalue weighted by Gasteiger charge is -2.23. The molecule has 1 aliphatic rings. The number of H-pyrrole nitrogens is 1. The Morgan fingerprint density at radius 1 is 1.07 bits per heavy atom. The smallest absolute Gasteiger partial charge is 0.253 e. The standard InChI is InChI=1S/C21H31N5O3S/c1-5-24(6-2)19-10-8-18(9-11-19)21(27)25-12-7-13-26(15-14-25)30(28,29)20-16(3)22-23-17(20)4/h8-11H,5-7,12-15H2,1-4H3,(H,22,23). The number of benzene rings is 1. The summed E-state index contributed by atoms with van der Waals surface area (Å²) in [5, 5.41) is 6.76. The normalized spacial score (nSPS) is 15.8. The maximum Gasteiger partial charge on any atom is 0.253 e. The average molecular weight is 434 g/mol. The van der Waals surface area contributed by atoms with Gasteiger partial charge in [-0.25, -0.2) is 8.42 Å². The van der Waals surface area contributed by atoms with E-state index in [2.05, 4.69) is 28.9 Å². The number of rotatable bonds is 6. The summed E-state index contributed by atoms with van der Waals surface area (Å²) in [6, 6.07) is 7.65. The Bertz CT molecular complexity index is 961. The number of hydrogen-bond donors (Lipinski definition) is 1. The molecule has 0 bridgehead atoms. The van der Waals surface area contributed by atoms with E-state index < -0.39 is 10.0 Å². The highest BCUT2D eigenvalue weighted by atomic mass is 32.2. The van der Waals surface area contributed by atoms with Crippen molar-refractivity contribution in [3.63, 3.8) is 0 Å². The number of amides is 1. The topological polar surface area (TPSA) is 89.6 Å². The Kier molecular flexibility index (Phi) is 6.82. The van der Waals surface area contributed by atoms with Gasteiger partial charge in [-0.15, -0.1) is 0 Å². The van der Waals surface area contributed by atoms with Crippen molar-refractivity contribution < 1.29 is 13.2 Å². The molecule has 9 heteroatoms. The molecule has 2 aromatic rings. The molecule has 1 aliphatic heterocycles. The summed E-state index contributed by atoms with van der Waals surface area (Å²) in [5.41, 5.74) is 2.73. The molecule has 1 saturated heterocycles. The molecule has 1 amide bonds. The number of sulfonamides is 1. The summed E-state index contributed by atoms with van der Waals surface area (Å²) in [6.07, 6.45) is 0.596. The molecule has 2 heterocycles. The van der Waals surface area contributed by atoms with Crippen LogP contribution in [0.15, 0.2) is 29.2 Å². The first kappa shape index (κ1) is 22.3. The second kappa shape index (κ2) is 9.18. The van der Waals surface area contributed by atoms with Gasteiger partial charge in [0.2, 0.25) is 10.0 Å². The molecule has 1 fully saturated rings. The van der Waals surface area contributed by atoms with Crippen molar-refractivity contribution >= 4 is 21.6 Å². The van der Waals surface area contributed by atoms with Crippen molar-refractivity contribution in [3.8, 4) is 0 Å². The minimum atomic E-state index is -3.64. The van der Waals surface area contributed by atoms with Gasteiger partial charge in [0.1, 0.15) is 4.90 Å². The maximum atomic E-state index is 13.1. The highest BCUT2D eigenvalue weighted by Crippen LogP contribution is 2.23. The van der Waals surface area contributed by atoms with Crippen molar-refractivity contribution in [2.75, 3.05) is 44.2 Å². The van der Waals surface area contributed by atoms with Gasteiger partial charge in [0.15, 0.2) is 0 Å². The van der Waals surface area contributed by atoms with Gasteiger partial charge in [0, 0.05) is 50.5 Å². The summed E-state index contributed by atoms with van der Waals surface area (Å²) in [7, 11) is -3.64. The number of carbonyl (C=O) groups excluding carboxylic acids is 1. The number of hydrogen-bond acceptors (Lipinski definition) is 5. The molecular formula is C21H31N5O3S. The van der Waals surface area contributed by atoms with E-state index in [1.54, 1.807) is 18.7 Å². The lowest BCUT2D eigenvalue weighted by molar-refractivity contribution is 0.0764. The fourth-order valence-electron chi connectivity index (χ4n) is 3.97. The number of carbonyl (C=O) groups is 1. The minimum absolute atomic E-state index is 0.0592. The fourth-order valence-corrected chi connectivity index (χ4v) is 5.77. The first-order chi connectivity index (χ1) is 14.3. The van der Waals surface area contributed by atoms with E-state index in [1.807, 2.05) is 24.3 Å². The third kappa shape index (κ3) is 4.37. The molecule has 0 aliphatic carbocycles. The molecule has 0 unspecified atom stereocenters. The minimum Gasteiger partial charge on any atom is -0.372 e. The van der Waals surface area contributed by atoms with E-state index >= 15 is 0 Å². The predicted octanol–water partition coefficient (Wildman–Crippen LogP) is 2.41. The number of aromatic nitrogens is 2. The number of anilines is 1. The summed E-state index contributed by atoms with van der Waals surface area (Å²) >= 11 is 0. The zero-order valence-corrected chi connectivity index (χ0v) is 19.0. The van der Waals surface area contributed by atoms with Gasteiger partial charge in [0.05, 0.1) is 11.4 Å². The zero-order valence-electron chi connectivity index (χ0n) is 18.2. The van der Waals surface area contributed by atoms with Gasteiger partial charge >= 0.3 is 0 Å². The van der Waals surface area contributed by atoms with Gasteiger partial charge in [0.25, 0.3) is 5.91 Å². The van der Waals surface area contributed by atoms with Crippen molar-refractivity contribution in [2.24, 2.45) is 0 Å². The van der Waals surface area contributed by atoms with Gasteiger partial charge in [-0.2, -0.15) is 9.40 Å². The molecule has 1 aromatic heterocycles. The van der Waals surface area contributed by atoms with E-state index in [-0.39, 0.29) is 17.3 Å². The van der Waals surface area contributed by atoms with Crippen LogP contribution in [0.5, 0.6) is 0 Å². The molecule has 0 spiro atoms. The molecule has 30 heavy (non-hydrogen) atoms. The highest BCUT2D eigenvalue weighted by molar-refractivity contribution is 7.89. The number of aryl methyl sites for hydroxylation is 2. The second-order valence-corrected chi connectivity index (χ2v) is 9.41. The number of nitrogens with one attached hydrogen (secondary N) is 1. The van der Waals surface area contributed by atoms with Crippen LogP contribution in [0.3, 0.4) is 0 Å². The monoisotopic (exact) mass is 433 g/mol. The molecule has 0 atom stereocenters. The molecule has 1 aromatic carbocycles. The van der Waals surface area contributed by atoms with E-state index in [0.717, 1.165) is 18.8 Å². The van der Waals surface area contributed by atoms with Crippen LogP contribution >= 0.6 is 0 Å². The van der Waals surface area contributed by atoms with Crippen molar-refractivity contribution in [1.82, 2.24) is 19.4 Å². The van der Waals surface area contributed by atoms with Crippen LogP contribution in [-0.2, 0) is 10.0 Å². The Morgan fingerprint density at radius 3 is 2.30 bits per heavy atom. The Labute approximate surface area is 178 Å². The third-order valence-corrected chi connectivity index (χ3v) is 7.81. The zero-order chi connectivity index (χ0) is 21.9. The third-order valence-electron chi connectivity index (χ3n) is 5.64. The number of aromatic amines is 1. The lowest BCUT2D eigenvalue weighted by atomic mass is 10.1. The van der Waals surface area contributed by atoms with Crippen molar-refractivity contribution in [1.29, 1.82) is 0 Å². The van der Waals surface area contributed by atoms with Crippen LogP contribution in [0.2, 0.25) is 0 Å². The maximum absolute atomic E-state index is 13.1. The van der Waals surface area contributed by atoms with Crippen LogP contribution in [-0.4, -0.2) is 73.0 Å². The van der Waals surface area contributed by atoms with E-state index in [4.69, 9.17) is 0 Å². The van der Waals surface area contributed by atoms with Crippen LogP contribution in [0, 0.1) is 13.8 Å². The quantitative estimate of drug-likeness (QED) is 0.756. The lowest BCUT2D eigenvalue weighted by Crippen LogP contribution is -2.37. The average Bonchev–Trinajstić information content (AvgIpc) is 2.94. The first-order valence-electron chi connectivity index (χ1n) is 10.5. The summed E-state index contributed by atoms with van der Waals surface area (Å²) < 4.78 is 27.7. The van der Waals surface area contributed by atoms with Crippen LogP contribution in [0.1, 0.15) is 42.0 Å². The summed E-state index contributed by atoms with van der Waals surface area (Å²) in [4.78, 5) is 17.2. The predicted molar refractivity (Wildman–Crippen MR) is 117 cm³/mol. The fraction of sp³-hybridized carbons (Fsp3) is 0.524. The largest absolute Gasteiger partial charge is 0.372 e. The molecule has 8 nitrogen and oxygen atoms in total. The number of nitrogens with zero attached hydrogens (tertiary/aromatic N) is 4. The Morgan fingerprint density at radius 2 is 1.73 bits per heavy atom. The van der Waals surface area contributed by atoms with E-state index in [9.17, 15) is 13.2 Å². The van der Waals surface area contributed by atoms with Crippen LogP contribution in [0.4, 0.5) is 5.69 Å². The van der Waals surface area contributed by atoms with Crippen LogP contribution < -0.4 is 4.90 Å². The Hall–Kier alpha value is -2.39. The molecule has 0 radical (unpaired) electrons. The van der Waals surface area contributed by atoms with Gasteiger partial charge in [-0.1, -0.05) is 0 Å². The van der Waals surface area contributed by atoms with Crippen molar-refractivity contribution in [3.05, 3.63) is 41.2 Å². The van der Waals surface area contributed by atoms with Gasteiger partial charge in [-0.3, -0.25) is 9.89 Å². The molecule has 1 N–H and O–H groups in total. The summed E-state index contributed by atoms with van der Waals surface area (Å²) in [5.74, 6) is -0.0592. The van der Waals surface area contributed by atoms with E-state index in [0.29, 0.717) is 43.0 Å². The highest BCUT2D eigenvalue weighted by Gasteiger charge is 2.32. The van der Waals surface area contributed by atoms with Crippen molar-refractivity contribution in [2.45, 2.75) is 39.0 Å². The Balaban J connectivity index is 1.71. The summed E-state index contributed by atoms with van der Waals surface area (Å²) in [6.45, 7) is 11.0. The molecule has 0 saturated carbocycles.